The molecule has 0 aromatic carbocycles. The second-order valence-electron chi connectivity index (χ2n) is 6.01. The fourth-order valence-corrected chi connectivity index (χ4v) is 2.13. The van der Waals surface area contributed by atoms with Crippen molar-refractivity contribution in [3.8, 4) is 5.88 Å². The summed E-state index contributed by atoms with van der Waals surface area (Å²) in [5.41, 5.74) is 6.53. The van der Waals surface area contributed by atoms with Gasteiger partial charge in [-0.25, -0.2) is 0 Å². The van der Waals surface area contributed by atoms with E-state index in [4.69, 9.17) is 10.5 Å². The van der Waals surface area contributed by atoms with Crippen LogP contribution >= 0.6 is 0 Å². The molecule has 2 N–H and O–H groups in total. The van der Waals surface area contributed by atoms with E-state index in [1.54, 1.807) is 0 Å². The van der Waals surface area contributed by atoms with Gasteiger partial charge in [-0.2, -0.15) is 4.98 Å². The Bertz CT molecular complexity index is 427. The Morgan fingerprint density at radius 3 is 2.53 bits per heavy atom. The molecule has 0 unspecified atom stereocenters. The standard InChI is InChI=1S/C15H25N3O/c1-10(2)9-18(12-5-6-12)14-8-7-13(16)15(17-14)19-11(3)4/h7-8,10-12H,5-6,9,16H2,1-4H3. The predicted octanol–water partition coefficient (Wildman–Crippen LogP) is 3.08. The number of ether oxygens (including phenoxy) is 1. The van der Waals surface area contributed by atoms with Gasteiger partial charge in [-0.3, -0.25) is 0 Å². The topological polar surface area (TPSA) is 51.4 Å². The maximum Gasteiger partial charge on any atom is 0.239 e. The lowest BCUT2D eigenvalue weighted by Gasteiger charge is -2.26. The minimum atomic E-state index is 0.0875. The fourth-order valence-electron chi connectivity index (χ4n) is 2.13. The molecule has 0 atom stereocenters. The van der Waals surface area contributed by atoms with Gasteiger partial charge in [0.05, 0.1) is 11.8 Å². The molecule has 4 nitrogen and oxygen atoms in total. The first-order valence-electron chi connectivity index (χ1n) is 7.17. The molecule has 19 heavy (non-hydrogen) atoms. The van der Waals surface area contributed by atoms with E-state index in [0.29, 0.717) is 23.5 Å². The van der Waals surface area contributed by atoms with Crippen LogP contribution in [-0.4, -0.2) is 23.7 Å². The molecule has 1 aliphatic carbocycles. The predicted molar refractivity (Wildman–Crippen MR) is 79.6 cm³/mol. The molecule has 4 heteroatoms. The zero-order valence-electron chi connectivity index (χ0n) is 12.4. The van der Waals surface area contributed by atoms with Gasteiger partial charge in [0.2, 0.25) is 5.88 Å². The molecular weight excluding hydrogens is 238 g/mol. The maximum atomic E-state index is 5.92. The molecule has 0 bridgehead atoms. The summed E-state index contributed by atoms with van der Waals surface area (Å²) >= 11 is 0. The van der Waals surface area contributed by atoms with Crippen molar-refractivity contribution in [1.82, 2.24) is 4.98 Å². The van der Waals surface area contributed by atoms with Crippen molar-refractivity contribution in [2.75, 3.05) is 17.2 Å². The van der Waals surface area contributed by atoms with Crippen LogP contribution in [-0.2, 0) is 0 Å². The molecule has 0 radical (unpaired) electrons. The largest absolute Gasteiger partial charge is 0.473 e. The molecule has 0 amide bonds. The zero-order chi connectivity index (χ0) is 14.0. The molecule has 1 aromatic heterocycles. The average Bonchev–Trinajstić information content (AvgIpc) is 3.12. The first-order valence-corrected chi connectivity index (χ1v) is 7.17. The van der Waals surface area contributed by atoms with Gasteiger partial charge in [-0.05, 0) is 44.7 Å². The van der Waals surface area contributed by atoms with E-state index in [1.807, 2.05) is 26.0 Å². The summed E-state index contributed by atoms with van der Waals surface area (Å²) in [5, 5.41) is 0. The van der Waals surface area contributed by atoms with E-state index in [2.05, 4.69) is 23.7 Å². The molecule has 1 aliphatic rings. The number of anilines is 2. The van der Waals surface area contributed by atoms with Crippen LogP contribution in [0.1, 0.15) is 40.5 Å². The van der Waals surface area contributed by atoms with Gasteiger partial charge >= 0.3 is 0 Å². The van der Waals surface area contributed by atoms with E-state index < -0.39 is 0 Å². The second kappa shape index (κ2) is 5.68. The lowest BCUT2D eigenvalue weighted by atomic mass is 10.2. The smallest absolute Gasteiger partial charge is 0.239 e. The number of nitrogen functional groups attached to an aromatic ring is 1. The molecule has 0 spiro atoms. The highest BCUT2D eigenvalue weighted by Crippen LogP contribution is 2.33. The third-order valence-corrected chi connectivity index (χ3v) is 3.07. The lowest BCUT2D eigenvalue weighted by Crippen LogP contribution is -2.30. The Morgan fingerprint density at radius 2 is 2.00 bits per heavy atom. The van der Waals surface area contributed by atoms with Crippen LogP contribution in [0.5, 0.6) is 5.88 Å². The molecule has 1 fully saturated rings. The summed E-state index contributed by atoms with van der Waals surface area (Å²) in [4.78, 5) is 6.99. The van der Waals surface area contributed by atoms with E-state index >= 15 is 0 Å². The Balaban J connectivity index is 2.21. The molecule has 1 aromatic rings. The van der Waals surface area contributed by atoms with Gasteiger partial charge in [0.25, 0.3) is 0 Å². The number of aromatic nitrogens is 1. The summed E-state index contributed by atoms with van der Waals surface area (Å²) in [5.74, 6) is 2.16. The van der Waals surface area contributed by atoms with Gasteiger partial charge in [-0.1, -0.05) is 13.8 Å². The van der Waals surface area contributed by atoms with E-state index in [0.717, 1.165) is 12.4 Å². The average molecular weight is 263 g/mol. The molecule has 1 heterocycles. The number of hydrogen-bond acceptors (Lipinski definition) is 4. The van der Waals surface area contributed by atoms with E-state index in [-0.39, 0.29) is 6.10 Å². The van der Waals surface area contributed by atoms with Crippen molar-refractivity contribution < 1.29 is 4.74 Å². The number of rotatable bonds is 6. The lowest BCUT2D eigenvalue weighted by molar-refractivity contribution is 0.234. The van der Waals surface area contributed by atoms with E-state index in [9.17, 15) is 0 Å². The van der Waals surface area contributed by atoms with Crippen LogP contribution in [0.4, 0.5) is 11.5 Å². The third-order valence-electron chi connectivity index (χ3n) is 3.07. The quantitative estimate of drug-likeness (QED) is 0.857. The van der Waals surface area contributed by atoms with Crippen molar-refractivity contribution in [2.24, 2.45) is 5.92 Å². The summed E-state index contributed by atoms with van der Waals surface area (Å²) < 4.78 is 5.68. The molecule has 0 saturated heterocycles. The van der Waals surface area contributed by atoms with Crippen molar-refractivity contribution in [2.45, 2.75) is 52.7 Å². The minimum absolute atomic E-state index is 0.0875. The highest BCUT2D eigenvalue weighted by Gasteiger charge is 2.30. The zero-order valence-corrected chi connectivity index (χ0v) is 12.4. The third kappa shape index (κ3) is 3.75. The van der Waals surface area contributed by atoms with Crippen LogP contribution in [0.2, 0.25) is 0 Å². The SMILES string of the molecule is CC(C)CN(c1ccc(N)c(OC(C)C)n1)C1CC1. The van der Waals surface area contributed by atoms with Crippen molar-refractivity contribution in [3.05, 3.63) is 12.1 Å². The van der Waals surface area contributed by atoms with Gasteiger partial charge in [-0.15, -0.1) is 0 Å². The first kappa shape index (κ1) is 14.0. The summed E-state index contributed by atoms with van der Waals surface area (Å²) in [7, 11) is 0. The minimum Gasteiger partial charge on any atom is -0.473 e. The number of nitrogens with zero attached hydrogens (tertiary/aromatic N) is 2. The maximum absolute atomic E-state index is 5.92. The van der Waals surface area contributed by atoms with Crippen LogP contribution in [0.3, 0.4) is 0 Å². The number of pyridine rings is 1. The van der Waals surface area contributed by atoms with Crippen molar-refractivity contribution in [3.63, 3.8) is 0 Å². The fraction of sp³-hybridized carbons (Fsp3) is 0.667. The molecule has 0 aliphatic heterocycles. The Hall–Kier alpha value is -1.45. The van der Waals surface area contributed by atoms with Crippen molar-refractivity contribution >= 4 is 11.5 Å². The van der Waals surface area contributed by atoms with Gasteiger partial charge in [0, 0.05) is 12.6 Å². The van der Waals surface area contributed by atoms with Crippen LogP contribution in [0.15, 0.2) is 12.1 Å². The Labute approximate surface area is 116 Å². The van der Waals surface area contributed by atoms with Crippen LogP contribution in [0.25, 0.3) is 0 Å². The summed E-state index contributed by atoms with van der Waals surface area (Å²) in [6, 6.07) is 4.55. The highest BCUT2D eigenvalue weighted by atomic mass is 16.5. The number of nitrogens with two attached hydrogens (primary N) is 1. The van der Waals surface area contributed by atoms with Gasteiger partial charge in [0.1, 0.15) is 5.82 Å². The summed E-state index contributed by atoms with van der Waals surface area (Å²) in [6.07, 6.45) is 2.61. The van der Waals surface area contributed by atoms with Gasteiger partial charge in [0.15, 0.2) is 0 Å². The second-order valence-corrected chi connectivity index (χ2v) is 6.01. The van der Waals surface area contributed by atoms with Crippen LogP contribution in [0, 0.1) is 5.92 Å². The molecule has 1 saturated carbocycles. The van der Waals surface area contributed by atoms with Gasteiger partial charge < -0.3 is 15.4 Å². The summed E-state index contributed by atoms with van der Waals surface area (Å²) in [6.45, 7) is 9.47. The monoisotopic (exact) mass is 263 g/mol. The normalized spacial score (nSPS) is 15.1. The van der Waals surface area contributed by atoms with Crippen LogP contribution < -0.4 is 15.4 Å². The highest BCUT2D eigenvalue weighted by molar-refractivity contribution is 5.55. The Morgan fingerprint density at radius 1 is 1.32 bits per heavy atom. The molecule has 106 valence electrons. The Kier molecular flexibility index (Phi) is 4.17. The van der Waals surface area contributed by atoms with E-state index in [1.165, 1.54) is 12.8 Å². The first-order chi connectivity index (χ1) is 8.97. The molecule has 2 rings (SSSR count). The molecular formula is C15H25N3O. The number of hydrogen-bond donors (Lipinski definition) is 1. The van der Waals surface area contributed by atoms with Crippen molar-refractivity contribution in [1.29, 1.82) is 0 Å².